The molecule has 18 heavy (non-hydrogen) atoms. The minimum absolute atomic E-state index is 0.0929. The molecule has 1 aromatic carbocycles. The fraction of sp³-hybridized carbons (Fsp3) is 0.154. The molecule has 94 valence electrons. The summed E-state index contributed by atoms with van der Waals surface area (Å²) in [4.78, 5) is 4.05. The molecular weight excluding hydrogens is 319 g/mol. The number of hydrogen-bond acceptors (Lipinski definition) is 2. The SMILES string of the molecule is NC(Cc1cncc(Br)c1)c1cccc(Cl)c1F. The molecule has 2 N–H and O–H groups in total. The minimum atomic E-state index is -0.449. The van der Waals surface area contributed by atoms with Crippen LogP contribution in [0.25, 0.3) is 0 Å². The summed E-state index contributed by atoms with van der Waals surface area (Å²) in [6.07, 6.45) is 3.91. The molecule has 5 heteroatoms. The normalized spacial score (nSPS) is 12.4. The lowest BCUT2D eigenvalue weighted by molar-refractivity contribution is 0.580. The topological polar surface area (TPSA) is 38.9 Å². The van der Waals surface area contributed by atoms with Crippen molar-refractivity contribution in [3.8, 4) is 0 Å². The highest BCUT2D eigenvalue weighted by Crippen LogP contribution is 2.24. The Morgan fingerprint density at radius 3 is 2.89 bits per heavy atom. The number of halogens is 3. The van der Waals surface area contributed by atoms with Crippen molar-refractivity contribution >= 4 is 27.5 Å². The van der Waals surface area contributed by atoms with E-state index in [0.717, 1.165) is 10.0 Å². The molecule has 0 saturated carbocycles. The van der Waals surface area contributed by atoms with Crippen LogP contribution < -0.4 is 5.73 Å². The third kappa shape index (κ3) is 3.07. The van der Waals surface area contributed by atoms with E-state index in [1.807, 2.05) is 6.07 Å². The number of pyridine rings is 1. The Kier molecular flexibility index (Phi) is 4.32. The summed E-state index contributed by atoms with van der Waals surface area (Å²) >= 11 is 9.07. The largest absolute Gasteiger partial charge is 0.324 e. The third-order valence-corrected chi connectivity index (χ3v) is 3.32. The van der Waals surface area contributed by atoms with Crippen molar-refractivity contribution in [2.75, 3.05) is 0 Å². The minimum Gasteiger partial charge on any atom is -0.324 e. The van der Waals surface area contributed by atoms with Crippen LogP contribution in [0, 0.1) is 5.82 Å². The smallest absolute Gasteiger partial charge is 0.146 e. The average Bonchev–Trinajstić information content (AvgIpc) is 2.32. The first-order chi connectivity index (χ1) is 8.58. The second-order valence-corrected chi connectivity index (χ2v) is 5.29. The molecule has 0 bridgehead atoms. The molecule has 0 amide bonds. The van der Waals surface area contributed by atoms with Gasteiger partial charge in [0, 0.05) is 28.5 Å². The van der Waals surface area contributed by atoms with Crippen LogP contribution in [0.5, 0.6) is 0 Å². The fourth-order valence-corrected chi connectivity index (χ4v) is 2.33. The highest BCUT2D eigenvalue weighted by Gasteiger charge is 2.14. The Morgan fingerprint density at radius 2 is 2.17 bits per heavy atom. The number of nitrogens with two attached hydrogens (primary N) is 1. The lowest BCUT2D eigenvalue weighted by atomic mass is 10.0. The van der Waals surface area contributed by atoms with Gasteiger partial charge in [0.05, 0.1) is 5.02 Å². The first-order valence-electron chi connectivity index (χ1n) is 5.37. The Hall–Kier alpha value is -0.970. The summed E-state index contributed by atoms with van der Waals surface area (Å²) < 4.78 is 14.7. The van der Waals surface area contributed by atoms with Crippen molar-refractivity contribution in [3.05, 3.63) is 63.1 Å². The van der Waals surface area contributed by atoms with Gasteiger partial charge in [-0.05, 0) is 40.0 Å². The van der Waals surface area contributed by atoms with E-state index in [2.05, 4.69) is 20.9 Å². The number of benzene rings is 1. The summed E-state index contributed by atoms with van der Waals surface area (Å²) in [6, 6.07) is 6.32. The monoisotopic (exact) mass is 328 g/mol. The first-order valence-corrected chi connectivity index (χ1v) is 6.54. The molecule has 0 radical (unpaired) electrons. The van der Waals surface area contributed by atoms with Crippen molar-refractivity contribution in [1.82, 2.24) is 4.98 Å². The van der Waals surface area contributed by atoms with Crippen molar-refractivity contribution in [1.29, 1.82) is 0 Å². The van der Waals surface area contributed by atoms with Crippen molar-refractivity contribution < 1.29 is 4.39 Å². The van der Waals surface area contributed by atoms with Crippen LogP contribution in [0.4, 0.5) is 4.39 Å². The van der Waals surface area contributed by atoms with Gasteiger partial charge in [0.2, 0.25) is 0 Å². The molecule has 0 aliphatic heterocycles. The summed E-state index contributed by atoms with van der Waals surface area (Å²) in [5.74, 6) is -0.449. The van der Waals surface area contributed by atoms with Gasteiger partial charge in [0.15, 0.2) is 0 Å². The number of rotatable bonds is 3. The molecule has 0 spiro atoms. The fourth-order valence-electron chi connectivity index (χ4n) is 1.74. The molecule has 0 saturated heterocycles. The zero-order valence-corrected chi connectivity index (χ0v) is 11.7. The number of nitrogens with zero attached hydrogens (tertiary/aromatic N) is 1. The van der Waals surface area contributed by atoms with Gasteiger partial charge >= 0.3 is 0 Å². The van der Waals surface area contributed by atoms with Gasteiger partial charge in [-0.15, -0.1) is 0 Å². The maximum absolute atomic E-state index is 13.8. The number of aromatic nitrogens is 1. The molecule has 2 aromatic rings. The van der Waals surface area contributed by atoms with Gasteiger partial charge in [-0.1, -0.05) is 23.7 Å². The van der Waals surface area contributed by atoms with E-state index in [1.54, 1.807) is 24.5 Å². The quantitative estimate of drug-likeness (QED) is 0.928. The van der Waals surface area contributed by atoms with E-state index in [9.17, 15) is 4.39 Å². The van der Waals surface area contributed by atoms with E-state index in [-0.39, 0.29) is 5.02 Å². The molecule has 1 aromatic heterocycles. The molecule has 1 unspecified atom stereocenters. The van der Waals surface area contributed by atoms with Gasteiger partial charge in [-0.25, -0.2) is 4.39 Å². The molecule has 2 nitrogen and oxygen atoms in total. The summed E-state index contributed by atoms with van der Waals surface area (Å²) in [5, 5.41) is 0.0929. The molecule has 0 aliphatic carbocycles. The molecular formula is C13H11BrClFN2. The Labute approximate surface area is 118 Å². The van der Waals surface area contributed by atoms with Gasteiger partial charge in [-0.2, -0.15) is 0 Å². The molecule has 2 rings (SSSR count). The van der Waals surface area contributed by atoms with Gasteiger partial charge in [-0.3, -0.25) is 4.98 Å². The predicted octanol–water partition coefficient (Wildman–Crippen LogP) is 3.88. The van der Waals surface area contributed by atoms with Gasteiger partial charge in [0.25, 0.3) is 0 Å². The summed E-state index contributed by atoms with van der Waals surface area (Å²) in [6.45, 7) is 0. The first kappa shape index (κ1) is 13.5. The van der Waals surface area contributed by atoms with Crippen molar-refractivity contribution in [2.24, 2.45) is 5.73 Å². The van der Waals surface area contributed by atoms with Gasteiger partial charge in [0.1, 0.15) is 5.82 Å². The average molecular weight is 330 g/mol. The highest BCUT2D eigenvalue weighted by molar-refractivity contribution is 9.10. The summed E-state index contributed by atoms with van der Waals surface area (Å²) in [7, 11) is 0. The van der Waals surface area contributed by atoms with Crippen LogP contribution in [0.1, 0.15) is 17.2 Å². The lowest BCUT2D eigenvalue weighted by Crippen LogP contribution is -2.15. The molecule has 0 fully saturated rings. The van der Waals surface area contributed by atoms with E-state index < -0.39 is 11.9 Å². The van der Waals surface area contributed by atoms with Crippen LogP contribution in [0.15, 0.2) is 41.1 Å². The van der Waals surface area contributed by atoms with Crippen LogP contribution >= 0.6 is 27.5 Å². The predicted molar refractivity (Wildman–Crippen MR) is 74.0 cm³/mol. The van der Waals surface area contributed by atoms with Crippen molar-refractivity contribution in [2.45, 2.75) is 12.5 Å². The Balaban J connectivity index is 2.22. The zero-order valence-electron chi connectivity index (χ0n) is 9.41. The number of hydrogen-bond donors (Lipinski definition) is 1. The van der Waals surface area contributed by atoms with E-state index in [0.29, 0.717) is 12.0 Å². The standard InChI is InChI=1S/C13H11BrClFN2/c14-9-4-8(6-18-7-9)5-12(17)10-2-1-3-11(15)13(10)16/h1-4,6-7,12H,5,17H2. The Bertz CT molecular complexity index is 562. The molecule has 1 atom stereocenters. The second-order valence-electron chi connectivity index (χ2n) is 3.97. The summed E-state index contributed by atoms with van der Waals surface area (Å²) in [5.41, 5.74) is 7.37. The Morgan fingerprint density at radius 1 is 1.39 bits per heavy atom. The van der Waals surface area contributed by atoms with E-state index >= 15 is 0 Å². The zero-order chi connectivity index (χ0) is 13.1. The highest BCUT2D eigenvalue weighted by atomic mass is 79.9. The van der Waals surface area contributed by atoms with E-state index in [4.69, 9.17) is 17.3 Å². The van der Waals surface area contributed by atoms with Crippen LogP contribution in [0.2, 0.25) is 5.02 Å². The third-order valence-electron chi connectivity index (χ3n) is 2.60. The molecule has 0 aliphatic rings. The van der Waals surface area contributed by atoms with E-state index in [1.165, 1.54) is 6.07 Å². The van der Waals surface area contributed by atoms with Gasteiger partial charge < -0.3 is 5.73 Å². The maximum Gasteiger partial charge on any atom is 0.146 e. The second kappa shape index (κ2) is 5.78. The molecule has 1 heterocycles. The van der Waals surface area contributed by atoms with Crippen LogP contribution in [-0.4, -0.2) is 4.98 Å². The maximum atomic E-state index is 13.8. The van der Waals surface area contributed by atoms with Crippen LogP contribution in [0.3, 0.4) is 0 Å². The van der Waals surface area contributed by atoms with Crippen molar-refractivity contribution in [3.63, 3.8) is 0 Å². The lowest BCUT2D eigenvalue weighted by Gasteiger charge is -2.13. The van der Waals surface area contributed by atoms with Crippen LogP contribution in [-0.2, 0) is 6.42 Å².